The molecule has 0 unspecified atom stereocenters. The lowest BCUT2D eigenvalue weighted by molar-refractivity contribution is 0.0194. The van der Waals surface area contributed by atoms with Gasteiger partial charge in [0.1, 0.15) is 11.6 Å². The smallest absolute Gasteiger partial charge is 0.227 e. The van der Waals surface area contributed by atoms with Gasteiger partial charge >= 0.3 is 0 Å². The van der Waals surface area contributed by atoms with Gasteiger partial charge in [0.05, 0.1) is 29.7 Å². The molecule has 0 aliphatic rings. The first-order chi connectivity index (χ1) is 16.0. The monoisotopic (exact) mass is 455 g/mol. The first-order valence-corrected chi connectivity index (χ1v) is 11.6. The molecule has 0 fully saturated rings. The van der Waals surface area contributed by atoms with E-state index < -0.39 is 6.10 Å². The van der Waals surface area contributed by atoms with E-state index in [9.17, 15) is 9.50 Å². The zero-order valence-corrected chi connectivity index (χ0v) is 19.7. The third-order valence-electron chi connectivity index (χ3n) is 5.29. The minimum atomic E-state index is -0.577. The second-order valence-electron chi connectivity index (χ2n) is 7.94. The van der Waals surface area contributed by atoms with Gasteiger partial charge in [0.25, 0.3) is 0 Å². The fraction of sp³-hybridized carbons (Fsp3) is 0.423. The Hall–Kier alpha value is -2.74. The average molecular weight is 456 g/mol. The number of benzene rings is 2. The lowest BCUT2D eigenvalue weighted by Gasteiger charge is -2.25. The predicted molar refractivity (Wildman–Crippen MR) is 127 cm³/mol. The number of nitrogens with zero attached hydrogens (tertiary/aromatic N) is 3. The first kappa shape index (κ1) is 24.9. The standard InChI is InChI=1S/C26H34FN3O3/c1-4-16-29(17-22(31)19-32-6-3)18-24-25(5-2)28-30(21-10-8-7-9-11-21)26(24)33-23-14-12-20(27)13-15-23/h7-15,22,31H,4-6,16-19H2,1-3H3/t22-/m1/s1. The number of ether oxygens (including phenoxy) is 2. The van der Waals surface area contributed by atoms with Crippen LogP contribution in [0.15, 0.2) is 54.6 Å². The van der Waals surface area contributed by atoms with Crippen LogP contribution in [-0.2, 0) is 17.7 Å². The predicted octanol–water partition coefficient (Wildman–Crippen LogP) is 4.98. The summed E-state index contributed by atoms with van der Waals surface area (Å²) in [6.07, 6.45) is 1.10. The fourth-order valence-electron chi connectivity index (χ4n) is 3.76. The van der Waals surface area contributed by atoms with Crippen molar-refractivity contribution in [1.29, 1.82) is 0 Å². The third-order valence-corrected chi connectivity index (χ3v) is 5.29. The summed E-state index contributed by atoms with van der Waals surface area (Å²) in [7, 11) is 0. The second kappa shape index (κ2) is 12.5. The number of rotatable bonds is 13. The van der Waals surface area contributed by atoms with E-state index in [1.54, 1.807) is 16.8 Å². The molecule has 0 saturated heterocycles. The highest BCUT2D eigenvalue weighted by Crippen LogP contribution is 2.32. The van der Waals surface area contributed by atoms with Crippen LogP contribution in [-0.4, -0.2) is 52.2 Å². The summed E-state index contributed by atoms with van der Waals surface area (Å²) in [5.74, 6) is 0.826. The van der Waals surface area contributed by atoms with Crippen molar-refractivity contribution in [3.05, 3.63) is 71.7 Å². The maximum atomic E-state index is 13.5. The molecule has 3 rings (SSSR count). The Morgan fingerprint density at radius 3 is 2.42 bits per heavy atom. The largest absolute Gasteiger partial charge is 0.439 e. The molecule has 0 bridgehead atoms. The van der Waals surface area contributed by atoms with E-state index in [0.717, 1.165) is 36.3 Å². The quantitative estimate of drug-likeness (QED) is 0.394. The van der Waals surface area contributed by atoms with Crippen LogP contribution in [0.1, 0.15) is 38.4 Å². The summed E-state index contributed by atoms with van der Waals surface area (Å²) >= 11 is 0. The Bertz CT molecular complexity index is 976. The lowest BCUT2D eigenvalue weighted by Crippen LogP contribution is -2.35. The molecule has 0 spiro atoms. The van der Waals surface area contributed by atoms with Crippen molar-refractivity contribution >= 4 is 0 Å². The summed E-state index contributed by atoms with van der Waals surface area (Å²) in [6, 6.07) is 15.8. The normalized spacial score (nSPS) is 12.3. The van der Waals surface area contributed by atoms with Crippen LogP contribution >= 0.6 is 0 Å². The number of aliphatic hydroxyl groups excluding tert-OH is 1. The van der Waals surface area contributed by atoms with Gasteiger partial charge in [0, 0.05) is 19.7 Å². The molecule has 1 N–H and O–H groups in total. The molecule has 0 amide bonds. The highest BCUT2D eigenvalue weighted by molar-refractivity contribution is 5.43. The van der Waals surface area contributed by atoms with Crippen molar-refractivity contribution in [2.75, 3.05) is 26.3 Å². The van der Waals surface area contributed by atoms with Crippen molar-refractivity contribution < 1.29 is 19.0 Å². The number of halogens is 1. The van der Waals surface area contributed by atoms with Crippen LogP contribution in [0.2, 0.25) is 0 Å². The Kier molecular flexibility index (Phi) is 9.42. The van der Waals surface area contributed by atoms with Gasteiger partial charge in [-0.2, -0.15) is 5.10 Å². The third kappa shape index (κ3) is 6.87. The first-order valence-electron chi connectivity index (χ1n) is 11.6. The van der Waals surface area contributed by atoms with E-state index in [2.05, 4.69) is 18.7 Å². The number of hydrogen-bond acceptors (Lipinski definition) is 5. The molecule has 7 heteroatoms. The van der Waals surface area contributed by atoms with Crippen molar-refractivity contribution in [2.24, 2.45) is 0 Å². The average Bonchev–Trinajstić information content (AvgIpc) is 3.16. The SMILES string of the molecule is CCCN(Cc1c(CC)nn(-c2ccccc2)c1Oc1ccc(F)cc1)C[C@@H](O)COCC. The summed E-state index contributed by atoms with van der Waals surface area (Å²) in [4.78, 5) is 2.20. The molecule has 3 aromatic rings. The minimum Gasteiger partial charge on any atom is -0.439 e. The van der Waals surface area contributed by atoms with Gasteiger partial charge in [-0.25, -0.2) is 9.07 Å². The van der Waals surface area contributed by atoms with Crippen LogP contribution in [0.3, 0.4) is 0 Å². The van der Waals surface area contributed by atoms with Gasteiger partial charge in [-0.3, -0.25) is 4.90 Å². The highest BCUT2D eigenvalue weighted by atomic mass is 19.1. The number of aromatic nitrogens is 2. The van der Waals surface area contributed by atoms with Crippen LogP contribution in [0.25, 0.3) is 5.69 Å². The van der Waals surface area contributed by atoms with Gasteiger partial charge < -0.3 is 14.6 Å². The van der Waals surface area contributed by atoms with Gasteiger partial charge in [0.15, 0.2) is 0 Å². The molecular formula is C26H34FN3O3. The molecule has 178 valence electrons. The van der Waals surface area contributed by atoms with Crippen LogP contribution in [0.4, 0.5) is 4.39 Å². The Labute approximate surface area is 195 Å². The Morgan fingerprint density at radius 1 is 1.06 bits per heavy atom. The molecule has 0 aliphatic heterocycles. The molecule has 1 heterocycles. The summed E-state index contributed by atoms with van der Waals surface area (Å²) in [5.41, 5.74) is 2.77. The molecule has 33 heavy (non-hydrogen) atoms. The van der Waals surface area contributed by atoms with E-state index in [0.29, 0.717) is 37.9 Å². The zero-order chi connectivity index (χ0) is 23.6. The molecule has 0 saturated carbocycles. The van der Waals surface area contributed by atoms with Crippen molar-refractivity contribution in [2.45, 2.75) is 46.3 Å². The van der Waals surface area contributed by atoms with Crippen LogP contribution < -0.4 is 4.74 Å². The molecular weight excluding hydrogens is 421 g/mol. The molecule has 1 aromatic heterocycles. The molecule has 2 aromatic carbocycles. The lowest BCUT2D eigenvalue weighted by atomic mass is 10.1. The Morgan fingerprint density at radius 2 is 1.79 bits per heavy atom. The molecule has 0 aliphatic carbocycles. The van der Waals surface area contributed by atoms with Gasteiger partial charge in [-0.15, -0.1) is 0 Å². The molecule has 6 nitrogen and oxygen atoms in total. The maximum absolute atomic E-state index is 13.5. The van der Waals surface area contributed by atoms with Gasteiger partial charge in [-0.05, 0) is 62.7 Å². The number of aliphatic hydroxyl groups is 1. The van der Waals surface area contributed by atoms with E-state index in [-0.39, 0.29) is 5.82 Å². The molecule has 0 radical (unpaired) electrons. The fourth-order valence-corrected chi connectivity index (χ4v) is 3.76. The highest BCUT2D eigenvalue weighted by Gasteiger charge is 2.23. The Balaban J connectivity index is 1.98. The van der Waals surface area contributed by atoms with Crippen molar-refractivity contribution in [3.8, 4) is 17.3 Å². The zero-order valence-electron chi connectivity index (χ0n) is 19.7. The summed E-state index contributed by atoms with van der Waals surface area (Å²) in [5, 5.41) is 15.3. The topological polar surface area (TPSA) is 59.8 Å². The minimum absolute atomic E-state index is 0.305. The second-order valence-corrected chi connectivity index (χ2v) is 7.94. The van der Waals surface area contributed by atoms with Crippen molar-refractivity contribution in [1.82, 2.24) is 14.7 Å². The van der Waals surface area contributed by atoms with Crippen molar-refractivity contribution in [3.63, 3.8) is 0 Å². The number of para-hydroxylation sites is 1. The maximum Gasteiger partial charge on any atom is 0.227 e. The van der Waals surface area contributed by atoms with Gasteiger partial charge in [-0.1, -0.05) is 32.0 Å². The van der Waals surface area contributed by atoms with E-state index in [1.165, 1.54) is 12.1 Å². The van der Waals surface area contributed by atoms with E-state index in [4.69, 9.17) is 14.6 Å². The van der Waals surface area contributed by atoms with Crippen LogP contribution in [0.5, 0.6) is 11.6 Å². The number of hydrogen-bond donors (Lipinski definition) is 1. The number of aryl methyl sites for hydroxylation is 1. The van der Waals surface area contributed by atoms with E-state index in [1.807, 2.05) is 37.3 Å². The van der Waals surface area contributed by atoms with Gasteiger partial charge in [0.2, 0.25) is 5.88 Å². The molecule has 1 atom stereocenters. The van der Waals surface area contributed by atoms with E-state index >= 15 is 0 Å². The summed E-state index contributed by atoms with van der Waals surface area (Å²) in [6.45, 7) is 8.86. The van der Waals surface area contributed by atoms with Crippen LogP contribution in [0, 0.1) is 5.82 Å². The summed E-state index contributed by atoms with van der Waals surface area (Å²) < 4.78 is 27.0.